The maximum atomic E-state index is 12.6. The van der Waals surface area contributed by atoms with Crippen LogP contribution in [0, 0.1) is 11.8 Å². The minimum absolute atomic E-state index is 0.0252. The summed E-state index contributed by atoms with van der Waals surface area (Å²) in [6.45, 7) is 0.614. The number of fused-ring (bicyclic) bond motifs is 1. The second-order valence-electron chi connectivity index (χ2n) is 5.79. The first-order valence-electron chi connectivity index (χ1n) is 6.85. The van der Waals surface area contributed by atoms with Crippen molar-refractivity contribution in [2.45, 2.75) is 17.9 Å². The van der Waals surface area contributed by atoms with Crippen molar-refractivity contribution >= 4 is 28.4 Å². The van der Waals surface area contributed by atoms with Gasteiger partial charge in [0.15, 0.2) is 11.4 Å². The van der Waals surface area contributed by atoms with E-state index in [2.05, 4.69) is 40.8 Å². The van der Waals surface area contributed by atoms with E-state index < -0.39 is 5.60 Å². The molecule has 1 aliphatic heterocycles. The highest BCUT2D eigenvalue weighted by atomic mass is 127. The molecule has 4 heteroatoms. The van der Waals surface area contributed by atoms with Gasteiger partial charge in [-0.2, -0.15) is 0 Å². The molecule has 104 valence electrons. The molecule has 1 saturated heterocycles. The number of rotatable bonds is 2. The number of hydrogen-bond acceptors (Lipinski definition) is 3. The van der Waals surface area contributed by atoms with Crippen LogP contribution in [-0.4, -0.2) is 25.1 Å². The largest absolute Gasteiger partial charge is 0.497 e. The topological polar surface area (TPSA) is 38.8 Å². The average molecular weight is 382 g/mol. The third-order valence-corrected chi connectivity index (χ3v) is 5.99. The molecule has 4 aliphatic rings. The fourth-order valence-corrected chi connectivity index (χ4v) is 4.80. The van der Waals surface area contributed by atoms with Crippen LogP contribution in [0.1, 0.15) is 17.9 Å². The second kappa shape index (κ2) is 4.31. The lowest BCUT2D eigenvalue weighted by Gasteiger charge is -2.43. The highest BCUT2D eigenvalue weighted by Gasteiger charge is 2.66. The molecule has 20 heavy (non-hydrogen) atoms. The van der Waals surface area contributed by atoms with Gasteiger partial charge in [-0.25, -0.2) is 0 Å². The number of methoxy groups -OCH3 is 1. The van der Waals surface area contributed by atoms with E-state index in [-0.39, 0.29) is 23.5 Å². The van der Waals surface area contributed by atoms with Crippen LogP contribution in [0.3, 0.4) is 0 Å². The zero-order chi connectivity index (χ0) is 13.9. The van der Waals surface area contributed by atoms with Gasteiger partial charge in [-0.1, -0.05) is 18.2 Å². The minimum atomic E-state index is -0.459. The van der Waals surface area contributed by atoms with E-state index in [9.17, 15) is 4.79 Å². The van der Waals surface area contributed by atoms with Crippen LogP contribution in [0.25, 0.3) is 0 Å². The molecule has 0 aromatic heterocycles. The van der Waals surface area contributed by atoms with E-state index in [1.54, 1.807) is 7.11 Å². The number of epoxide rings is 1. The summed E-state index contributed by atoms with van der Waals surface area (Å²) < 4.78 is 12.1. The van der Waals surface area contributed by atoms with E-state index in [1.165, 1.54) is 9.14 Å². The maximum absolute atomic E-state index is 12.6. The zero-order valence-electron chi connectivity index (χ0n) is 11.1. The molecular weight excluding hydrogens is 367 g/mol. The summed E-state index contributed by atoms with van der Waals surface area (Å²) in [7, 11) is 1.67. The predicted octanol–water partition coefficient (Wildman–Crippen LogP) is 3.09. The third-order valence-electron chi connectivity index (χ3n) is 4.88. The van der Waals surface area contributed by atoms with Gasteiger partial charge < -0.3 is 9.47 Å². The quantitative estimate of drug-likeness (QED) is 0.583. The Morgan fingerprint density at radius 1 is 1.35 bits per heavy atom. The highest BCUT2D eigenvalue weighted by molar-refractivity contribution is 14.1. The Bertz CT molecular complexity index is 601. The monoisotopic (exact) mass is 382 g/mol. The summed E-state index contributed by atoms with van der Waals surface area (Å²) >= 11 is 2.37. The van der Waals surface area contributed by atoms with Crippen LogP contribution in [0.4, 0.5) is 0 Å². The van der Waals surface area contributed by atoms with Gasteiger partial charge in [0, 0.05) is 11.8 Å². The highest BCUT2D eigenvalue weighted by Crippen LogP contribution is 2.58. The van der Waals surface area contributed by atoms with Gasteiger partial charge in [0.05, 0.1) is 13.7 Å². The number of halogens is 1. The van der Waals surface area contributed by atoms with Crippen molar-refractivity contribution < 1.29 is 14.3 Å². The Hall–Kier alpha value is -0.880. The zero-order valence-corrected chi connectivity index (χ0v) is 13.3. The lowest BCUT2D eigenvalue weighted by Crippen LogP contribution is -2.49. The fourth-order valence-electron chi connectivity index (χ4n) is 3.66. The van der Waals surface area contributed by atoms with Crippen molar-refractivity contribution in [3.05, 3.63) is 39.5 Å². The maximum Gasteiger partial charge on any atom is 0.175 e. The first kappa shape index (κ1) is 12.8. The Balaban J connectivity index is 1.70. The number of carbonyl (C=O) groups excluding carboxylic acids is 1. The third kappa shape index (κ3) is 1.64. The first-order chi connectivity index (χ1) is 9.65. The second-order valence-corrected chi connectivity index (χ2v) is 7.03. The number of Topliss-reactive ketones (excluding diaryl/α,β-unsaturated/α-hetero) is 1. The molecule has 0 amide bonds. The number of benzene rings is 1. The molecular formula is C16H15IO3. The van der Waals surface area contributed by atoms with Gasteiger partial charge in [-0.3, -0.25) is 4.79 Å². The molecule has 3 aliphatic carbocycles. The van der Waals surface area contributed by atoms with Crippen LogP contribution in [-0.2, 0) is 9.53 Å². The number of carbonyl (C=O) groups is 1. The minimum Gasteiger partial charge on any atom is -0.497 e. The van der Waals surface area contributed by atoms with Crippen LogP contribution in [0.2, 0.25) is 0 Å². The van der Waals surface area contributed by atoms with E-state index >= 15 is 0 Å². The molecule has 0 unspecified atom stereocenters. The molecule has 0 radical (unpaired) electrons. The summed E-state index contributed by atoms with van der Waals surface area (Å²) in [6, 6.07) is 8.11. The number of hydrogen-bond donors (Lipinski definition) is 0. The Morgan fingerprint density at radius 3 is 2.65 bits per heavy atom. The summed E-state index contributed by atoms with van der Waals surface area (Å²) in [6.07, 6.45) is 3.16. The van der Waals surface area contributed by atoms with E-state index in [0.29, 0.717) is 6.61 Å². The molecule has 5 rings (SSSR count). The Labute approximate surface area is 131 Å². The number of ether oxygens (including phenoxy) is 2. The molecule has 1 aromatic carbocycles. The molecule has 2 fully saturated rings. The van der Waals surface area contributed by atoms with Gasteiger partial charge in [0.25, 0.3) is 0 Å². The van der Waals surface area contributed by atoms with Crippen LogP contribution in [0.5, 0.6) is 5.75 Å². The van der Waals surface area contributed by atoms with Crippen LogP contribution < -0.4 is 4.74 Å². The summed E-state index contributed by atoms with van der Waals surface area (Å²) in [4.78, 5) is 12.6. The van der Waals surface area contributed by atoms with Gasteiger partial charge in [0.2, 0.25) is 0 Å². The van der Waals surface area contributed by atoms with Crippen molar-refractivity contribution in [2.24, 2.45) is 11.8 Å². The van der Waals surface area contributed by atoms with Crippen LogP contribution in [0.15, 0.2) is 33.9 Å². The lowest BCUT2D eigenvalue weighted by molar-refractivity contribution is -0.132. The standard InChI is InChI=1S/C16H15IO3/c1-19-10-4-2-9(3-5-10)11-6-13-14(17)7-12(11)15(18)16(13)8-20-16/h2-5,7,11-13H,6,8H2,1H3/t11-,12+,13+,16+/m1/s1. The molecule has 3 nitrogen and oxygen atoms in total. The molecule has 1 saturated carbocycles. The summed E-state index contributed by atoms with van der Waals surface area (Å²) in [5, 5.41) is 0. The van der Waals surface area contributed by atoms with Crippen molar-refractivity contribution in [3.8, 4) is 5.75 Å². The number of allylic oxidation sites excluding steroid dienone is 1. The number of ketones is 1. The van der Waals surface area contributed by atoms with Crippen molar-refractivity contribution in [1.82, 2.24) is 0 Å². The van der Waals surface area contributed by atoms with E-state index in [1.807, 2.05) is 12.1 Å². The van der Waals surface area contributed by atoms with Crippen LogP contribution >= 0.6 is 22.6 Å². The molecule has 2 bridgehead atoms. The SMILES string of the molecule is COc1ccc([C@H]2C[C@H]3C(I)=C[C@@H]2C(=O)[C@]32CO2)cc1. The molecule has 1 aromatic rings. The normalized spacial score (nSPS) is 38.0. The fraction of sp³-hybridized carbons (Fsp3) is 0.438. The summed E-state index contributed by atoms with van der Waals surface area (Å²) in [5.41, 5.74) is 0.767. The average Bonchev–Trinajstić information content (AvgIpc) is 3.26. The van der Waals surface area contributed by atoms with E-state index in [4.69, 9.17) is 9.47 Å². The van der Waals surface area contributed by atoms with Crippen molar-refractivity contribution in [2.75, 3.05) is 13.7 Å². The van der Waals surface area contributed by atoms with Gasteiger partial charge in [-0.05, 0) is 56.2 Å². The Kier molecular flexibility index (Phi) is 2.76. The molecule has 4 atom stereocenters. The summed E-state index contributed by atoms with van der Waals surface area (Å²) in [5.74, 6) is 1.66. The van der Waals surface area contributed by atoms with Crippen molar-refractivity contribution in [1.29, 1.82) is 0 Å². The molecule has 1 heterocycles. The first-order valence-corrected chi connectivity index (χ1v) is 7.93. The Morgan fingerprint density at radius 2 is 2.05 bits per heavy atom. The lowest BCUT2D eigenvalue weighted by atomic mass is 9.61. The van der Waals surface area contributed by atoms with Gasteiger partial charge in [-0.15, -0.1) is 0 Å². The molecule has 0 N–H and O–H groups in total. The smallest absolute Gasteiger partial charge is 0.175 e. The van der Waals surface area contributed by atoms with Gasteiger partial charge >= 0.3 is 0 Å². The predicted molar refractivity (Wildman–Crippen MR) is 83.1 cm³/mol. The van der Waals surface area contributed by atoms with Crippen molar-refractivity contribution in [3.63, 3.8) is 0 Å². The van der Waals surface area contributed by atoms with Gasteiger partial charge in [0.1, 0.15) is 5.75 Å². The molecule has 1 spiro atoms. The van der Waals surface area contributed by atoms with E-state index in [0.717, 1.165) is 12.2 Å².